The van der Waals surface area contributed by atoms with Crippen LogP contribution in [0.3, 0.4) is 0 Å². The van der Waals surface area contributed by atoms with Crippen LogP contribution in [0.5, 0.6) is 0 Å². The summed E-state index contributed by atoms with van der Waals surface area (Å²) >= 11 is 0. The highest BCUT2D eigenvalue weighted by Crippen LogP contribution is 2.27. The summed E-state index contributed by atoms with van der Waals surface area (Å²) in [6, 6.07) is 7.40. The Balaban J connectivity index is 1.60. The number of hydrogen-bond acceptors (Lipinski definition) is 6. The lowest BCUT2D eigenvalue weighted by Crippen LogP contribution is -2.35. The van der Waals surface area contributed by atoms with Crippen LogP contribution in [0.2, 0.25) is 0 Å². The van der Waals surface area contributed by atoms with Crippen molar-refractivity contribution in [2.75, 3.05) is 31.6 Å². The average Bonchev–Trinajstić information content (AvgIpc) is 3.36. The zero-order chi connectivity index (χ0) is 26.3. The molecule has 4 heterocycles. The molecule has 37 heavy (non-hydrogen) atoms. The summed E-state index contributed by atoms with van der Waals surface area (Å²) in [5.74, 6) is 0.0779. The maximum atomic E-state index is 14.5. The Kier molecular flexibility index (Phi) is 6.72. The van der Waals surface area contributed by atoms with E-state index in [4.69, 9.17) is 14.8 Å². The van der Waals surface area contributed by atoms with Crippen molar-refractivity contribution >= 4 is 17.3 Å². The standard InChI is InChI=1S/C27H31F2N7O/c1-17-12-25(36(32-17)27(3,4)5)31-24-14-20(16-34-8-10-37-11-9-34)26-30-18(2)23(35(26)33-24)13-19-6-7-21(28)15-22(19)29/h6-7,12,14-15H,8-11,16H2,1-5H3,(H,31,33). The highest BCUT2D eigenvalue weighted by Gasteiger charge is 2.22. The minimum absolute atomic E-state index is 0.141. The summed E-state index contributed by atoms with van der Waals surface area (Å²) < 4.78 is 37.1. The zero-order valence-corrected chi connectivity index (χ0v) is 21.8. The molecule has 0 spiro atoms. The van der Waals surface area contributed by atoms with Gasteiger partial charge in [-0.25, -0.2) is 23.0 Å². The topological polar surface area (TPSA) is 72.5 Å². The largest absolute Gasteiger partial charge is 0.379 e. The van der Waals surface area contributed by atoms with Gasteiger partial charge in [0.25, 0.3) is 0 Å². The number of nitrogens with zero attached hydrogens (tertiary/aromatic N) is 6. The molecule has 5 rings (SSSR count). The lowest BCUT2D eigenvalue weighted by molar-refractivity contribution is 0.0343. The molecule has 3 aromatic heterocycles. The molecular formula is C27H31F2N7O. The average molecular weight is 508 g/mol. The molecule has 1 aromatic carbocycles. The van der Waals surface area contributed by atoms with Gasteiger partial charge in [-0.05, 0) is 46.8 Å². The van der Waals surface area contributed by atoms with Crippen LogP contribution in [-0.4, -0.2) is 55.6 Å². The molecule has 4 aromatic rings. The quantitative estimate of drug-likeness (QED) is 0.410. The maximum absolute atomic E-state index is 14.5. The molecule has 0 amide bonds. The third kappa shape index (κ3) is 5.35. The molecule has 1 N–H and O–H groups in total. The Morgan fingerprint density at radius 3 is 2.51 bits per heavy atom. The SMILES string of the molecule is Cc1cc(Nc2cc(CN3CCOCC3)c3nc(C)c([C]c4ccc(F)cc4F)n3n2)n(C(C)(C)C)n1. The highest BCUT2D eigenvalue weighted by atomic mass is 19.1. The van der Waals surface area contributed by atoms with E-state index >= 15 is 0 Å². The normalized spacial score (nSPS) is 15.0. The van der Waals surface area contributed by atoms with Crippen molar-refractivity contribution in [1.82, 2.24) is 29.3 Å². The summed E-state index contributed by atoms with van der Waals surface area (Å²) in [4.78, 5) is 7.08. The zero-order valence-electron chi connectivity index (χ0n) is 21.8. The lowest BCUT2D eigenvalue weighted by atomic mass is 10.1. The van der Waals surface area contributed by atoms with Gasteiger partial charge in [-0.2, -0.15) is 5.10 Å². The Bertz CT molecular complexity index is 1430. The fraction of sp³-hybridized carbons (Fsp3) is 0.407. The fourth-order valence-corrected chi connectivity index (χ4v) is 4.46. The molecule has 8 nitrogen and oxygen atoms in total. The van der Waals surface area contributed by atoms with E-state index in [0.717, 1.165) is 36.2 Å². The third-order valence-electron chi connectivity index (χ3n) is 6.24. The molecule has 2 radical (unpaired) electrons. The third-order valence-corrected chi connectivity index (χ3v) is 6.24. The molecule has 0 saturated carbocycles. The molecule has 10 heteroatoms. The number of benzene rings is 1. The Morgan fingerprint density at radius 1 is 1.05 bits per heavy atom. The second-order valence-corrected chi connectivity index (χ2v) is 10.4. The highest BCUT2D eigenvalue weighted by molar-refractivity contribution is 5.60. The van der Waals surface area contributed by atoms with Crippen LogP contribution in [0.15, 0.2) is 30.3 Å². The molecule has 1 aliphatic heterocycles. The van der Waals surface area contributed by atoms with E-state index in [2.05, 4.69) is 42.5 Å². The van der Waals surface area contributed by atoms with Gasteiger partial charge in [-0.3, -0.25) is 4.90 Å². The number of morpholine rings is 1. The van der Waals surface area contributed by atoms with Crippen molar-refractivity contribution in [1.29, 1.82) is 0 Å². The van der Waals surface area contributed by atoms with Gasteiger partial charge in [0.1, 0.15) is 17.5 Å². The molecule has 1 fully saturated rings. The Morgan fingerprint density at radius 2 is 1.81 bits per heavy atom. The molecule has 194 valence electrons. The van der Waals surface area contributed by atoms with Gasteiger partial charge in [0.2, 0.25) is 0 Å². The van der Waals surface area contributed by atoms with Crippen molar-refractivity contribution in [3.8, 4) is 0 Å². The van der Waals surface area contributed by atoms with Crippen molar-refractivity contribution in [2.24, 2.45) is 0 Å². The lowest BCUT2D eigenvalue weighted by Gasteiger charge is -2.27. The monoisotopic (exact) mass is 507 g/mol. The second kappa shape index (κ2) is 9.83. The first-order valence-electron chi connectivity index (χ1n) is 12.3. The number of hydrogen-bond donors (Lipinski definition) is 1. The van der Waals surface area contributed by atoms with Crippen LogP contribution in [0, 0.1) is 31.9 Å². The van der Waals surface area contributed by atoms with Crippen molar-refractivity contribution in [3.63, 3.8) is 0 Å². The minimum atomic E-state index is -0.693. The number of aryl methyl sites for hydroxylation is 2. The predicted molar refractivity (Wildman–Crippen MR) is 137 cm³/mol. The van der Waals surface area contributed by atoms with E-state index < -0.39 is 11.6 Å². The molecule has 0 aliphatic carbocycles. The fourth-order valence-electron chi connectivity index (χ4n) is 4.46. The smallest absolute Gasteiger partial charge is 0.158 e. The van der Waals surface area contributed by atoms with Crippen LogP contribution >= 0.6 is 0 Å². The molecule has 0 atom stereocenters. The van der Waals surface area contributed by atoms with E-state index in [0.29, 0.717) is 42.6 Å². The van der Waals surface area contributed by atoms with Crippen LogP contribution < -0.4 is 5.32 Å². The van der Waals surface area contributed by atoms with Gasteiger partial charge in [0.05, 0.1) is 42.3 Å². The molecule has 1 saturated heterocycles. The van der Waals surface area contributed by atoms with Gasteiger partial charge >= 0.3 is 0 Å². The van der Waals surface area contributed by atoms with E-state index in [9.17, 15) is 8.78 Å². The van der Waals surface area contributed by atoms with E-state index in [-0.39, 0.29) is 11.1 Å². The number of rotatable bonds is 6. The molecule has 0 bridgehead atoms. The maximum Gasteiger partial charge on any atom is 0.158 e. The van der Waals surface area contributed by atoms with Gasteiger partial charge in [-0.1, -0.05) is 6.07 Å². The van der Waals surface area contributed by atoms with Crippen molar-refractivity contribution in [3.05, 3.63) is 76.6 Å². The Hall–Kier alpha value is -3.37. The van der Waals surface area contributed by atoms with Crippen molar-refractivity contribution < 1.29 is 13.5 Å². The Labute approximate surface area is 215 Å². The molecular weight excluding hydrogens is 476 g/mol. The number of ether oxygens (including phenoxy) is 1. The van der Waals surface area contributed by atoms with Gasteiger partial charge in [0, 0.05) is 42.9 Å². The van der Waals surface area contributed by atoms with Crippen molar-refractivity contribution in [2.45, 2.75) is 46.7 Å². The van der Waals surface area contributed by atoms with Gasteiger partial charge < -0.3 is 10.1 Å². The summed E-state index contributed by atoms with van der Waals surface area (Å²) in [5.41, 5.74) is 3.58. The summed E-state index contributed by atoms with van der Waals surface area (Å²) in [6.45, 7) is 13.7. The van der Waals surface area contributed by atoms with Crippen LogP contribution in [-0.2, 0) is 16.8 Å². The summed E-state index contributed by atoms with van der Waals surface area (Å²) in [5, 5.41) is 12.9. The van der Waals surface area contributed by atoms with E-state index in [1.807, 2.05) is 30.7 Å². The number of aromatic nitrogens is 5. The first kappa shape index (κ1) is 25.3. The van der Waals surface area contributed by atoms with Gasteiger partial charge in [-0.15, -0.1) is 5.10 Å². The van der Waals surface area contributed by atoms with Crippen LogP contribution in [0.1, 0.15) is 49.0 Å². The summed E-state index contributed by atoms with van der Waals surface area (Å²) in [7, 11) is 0. The first-order chi connectivity index (χ1) is 17.6. The molecule has 1 aliphatic rings. The van der Waals surface area contributed by atoms with E-state index in [1.165, 1.54) is 12.1 Å². The summed E-state index contributed by atoms with van der Waals surface area (Å²) in [6.07, 6.45) is 3.07. The molecule has 0 unspecified atom stereocenters. The first-order valence-corrected chi connectivity index (χ1v) is 12.3. The van der Waals surface area contributed by atoms with E-state index in [1.54, 1.807) is 4.52 Å². The van der Waals surface area contributed by atoms with Crippen LogP contribution in [0.4, 0.5) is 20.4 Å². The van der Waals surface area contributed by atoms with Crippen LogP contribution in [0.25, 0.3) is 5.65 Å². The number of fused-ring (bicyclic) bond motifs is 1. The number of nitrogens with one attached hydrogen (secondary N) is 1. The van der Waals surface area contributed by atoms with Gasteiger partial charge in [0.15, 0.2) is 11.5 Å². The number of imidazole rings is 1. The minimum Gasteiger partial charge on any atom is -0.379 e. The number of halogens is 2. The second-order valence-electron chi connectivity index (χ2n) is 10.4. The number of anilines is 2. The predicted octanol–water partition coefficient (Wildman–Crippen LogP) is 4.63.